The summed E-state index contributed by atoms with van der Waals surface area (Å²) in [6, 6.07) is 5.54. The first-order chi connectivity index (χ1) is 8.52. The number of anilines is 1. The fourth-order valence-corrected chi connectivity index (χ4v) is 1.66. The van der Waals surface area contributed by atoms with Gasteiger partial charge in [0.05, 0.1) is 12.7 Å². The Morgan fingerprint density at radius 2 is 1.56 bits per heavy atom. The van der Waals surface area contributed by atoms with Gasteiger partial charge in [0.2, 0.25) is 0 Å². The van der Waals surface area contributed by atoms with Gasteiger partial charge in [-0.1, -0.05) is 0 Å². The molecule has 0 aromatic heterocycles. The molecule has 2 aromatic carbocycles. The normalized spacial score (nSPS) is 10.4. The summed E-state index contributed by atoms with van der Waals surface area (Å²) in [5.74, 6) is -2.53. The number of ether oxygens (including phenoxy) is 1. The van der Waals surface area contributed by atoms with Crippen molar-refractivity contribution in [1.82, 2.24) is 0 Å². The number of benzene rings is 2. The van der Waals surface area contributed by atoms with Gasteiger partial charge in [-0.2, -0.15) is 0 Å². The summed E-state index contributed by atoms with van der Waals surface area (Å²) >= 11 is 0. The lowest BCUT2D eigenvalue weighted by molar-refractivity contribution is 0.407. The fourth-order valence-electron chi connectivity index (χ4n) is 1.66. The lowest BCUT2D eigenvalue weighted by Gasteiger charge is -2.09. The van der Waals surface area contributed by atoms with Gasteiger partial charge in [-0.05, 0) is 18.2 Å². The monoisotopic (exact) mass is 253 g/mol. The lowest BCUT2D eigenvalue weighted by atomic mass is 10.0. The molecule has 0 heterocycles. The van der Waals surface area contributed by atoms with Gasteiger partial charge in [0.25, 0.3) is 0 Å². The first-order valence-electron chi connectivity index (χ1n) is 5.11. The number of rotatable bonds is 2. The zero-order valence-electron chi connectivity index (χ0n) is 9.51. The molecular weight excluding hydrogens is 243 g/mol. The highest BCUT2D eigenvalue weighted by atomic mass is 19.1. The van der Waals surface area contributed by atoms with Crippen molar-refractivity contribution in [3.63, 3.8) is 0 Å². The number of halogens is 3. The molecule has 0 aliphatic carbocycles. The summed E-state index contributed by atoms with van der Waals surface area (Å²) in [4.78, 5) is 0. The summed E-state index contributed by atoms with van der Waals surface area (Å²) in [6.07, 6.45) is 0. The third kappa shape index (κ3) is 2.11. The first-order valence-corrected chi connectivity index (χ1v) is 5.11. The van der Waals surface area contributed by atoms with E-state index in [-0.39, 0.29) is 17.0 Å². The molecular formula is C13H10F3NO. The number of nitrogen functional groups attached to an aromatic ring is 1. The zero-order chi connectivity index (χ0) is 13.3. The maximum absolute atomic E-state index is 13.8. The second-order valence-electron chi connectivity index (χ2n) is 3.71. The predicted molar refractivity (Wildman–Crippen MR) is 62.7 cm³/mol. The van der Waals surface area contributed by atoms with Crippen LogP contribution in [0, 0.1) is 17.5 Å². The van der Waals surface area contributed by atoms with Crippen LogP contribution in [-0.2, 0) is 0 Å². The smallest absolute Gasteiger partial charge is 0.137 e. The molecule has 2 N–H and O–H groups in total. The van der Waals surface area contributed by atoms with E-state index < -0.39 is 23.0 Å². The van der Waals surface area contributed by atoms with Gasteiger partial charge in [0, 0.05) is 23.4 Å². The summed E-state index contributed by atoms with van der Waals surface area (Å²) in [6.45, 7) is 0. The van der Waals surface area contributed by atoms with E-state index in [1.807, 2.05) is 0 Å². The maximum atomic E-state index is 13.8. The third-order valence-corrected chi connectivity index (χ3v) is 2.51. The van der Waals surface area contributed by atoms with Gasteiger partial charge >= 0.3 is 0 Å². The summed E-state index contributed by atoms with van der Waals surface area (Å²) in [7, 11) is 1.29. The molecule has 0 aliphatic rings. The predicted octanol–water partition coefficient (Wildman–Crippen LogP) is 3.36. The zero-order valence-corrected chi connectivity index (χ0v) is 9.51. The van der Waals surface area contributed by atoms with Crippen molar-refractivity contribution in [3.8, 4) is 16.9 Å². The Bertz CT molecular complexity index is 576. The van der Waals surface area contributed by atoms with Gasteiger partial charge in [-0.15, -0.1) is 0 Å². The van der Waals surface area contributed by atoms with E-state index in [0.717, 1.165) is 18.2 Å². The average Bonchev–Trinajstić information content (AvgIpc) is 2.32. The Morgan fingerprint density at radius 1 is 0.944 bits per heavy atom. The van der Waals surface area contributed by atoms with Crippen molar-refractivity contribution in [2.24, 2.45) is 0 Å². The molecule has 0 fully saturated rings. The Hall–Kier alpha value is -2.17. The molecule has 0 radical (unpaired) electrons. The largest absolute Gasteiger partial charge is 0.497 e. The van der Waals surface area contributed by atoms with Gasteiger partial charge in [0.1, 0.15) is 23.2 Å². The Balaban J connectivity index is 2.67. The SMILES string of the molecule is COc1cc(F)c(-c2cc(N)ccc2F)c(F)c1. The lowest BCUT2D eigenvalue weighted by Crippen LogP contribution is -1.96. The molecule has 0 aliphatic heterocycles. The molecule has 2 nitrogen and oxygen atoms in total. The van der Waals surface area contributed by atoms with Gasteiger partial charge in [-0.3, -0.25) is 0 Å². The van der Waals surface area contributed by atoms with Crippen molar-refractivity contribution in [2.75, 3.05) is 12.8 Å². The van der Waals surface area contributed by atoms with Crippen LogP contribution in [0.5, 0.6) is 5.75 Å². The Labute approximate surface area is 102 Å². The highest BCUT2D eigenvalue weighted by Crippen LogP contribution is 2.32. The van der Waals surface area contributed by atoms with Crippen molar-refractivity contribution in [2.45, 2.75) is 0 Å². The average molecular weight is 253 g/mol. The van der Waals surface area contributed by atoms with Crippen LogP contribution in [-0.4, -0.2) is 7.11 Å². The number of hydrogen-bond acceptors (Lipinski definition) is 2. The molecule has 0 unspecified atom stereocenters. The molecule has 0 spiro atoms. The molecule has 0 saturated carbocycles. The van der Waals surface area contributed by atoms with Crippen molar-refractivity contribution < 1.29 is 17.9 Å². The van der Waals surface area contributed by atoms with Gasteiger partial charge in [-0.25, -0.2) is 13.2 Å². The molecule has 5 heteroatoms. The van der Waals surface area contributed by atoms with Crippen molar-refractivity contribution in [1.29, 1.82) is 0 Å². The maximum Gasteiger partial charge on any atom is 0.137 e. The minimum absolute atomic E-state index is 0.0260. The summed E-state index contributed by atoms with van der Waals surface area (Å²) in [5, 5.41) is 0. The van der Waals surface area contributed by atoms with Gasteiger partial charge < -0.3 is 10.5 Å². The minimum atomic E-state index is -0.906. The molecule has 2 aromatic rings. The van der Waals surface area contributed by atoms with Crippen LogP contribution in [0.25, 0.3) is 11.1 Å². The van der Waals surface area contributed by atoms with E-state index in [2.05, 4.69) is 0 Å². The van der Waals surface area contributed by atoms with Crippen LogP contribution in [0.2, 0.25) is 0 Å². The molecule has 2 rings (SSSR count). The second kappa shape index (κ2) is 4.60. The number of hydrogen-bond donors (Lipinski definition) is 1. The summed E-state index contributed by atoms with van der Waals surface area (Å²) in [5.41, 5.74) is 5.04. The van der Waals surface area contributed by atoms with E-state index >= 15 is 0 Å². The second-order valence-corrected chi connectivity index (χ2v) is 3.71. The molecule has 0 amide bonds. The minimum Gasteiger partial charge on any atom is -0.497 e. The third-order valence-electron chi connectivity index (χ3n) is 2.51. The molecule has 0 atom stereocenters. The van der Waals surface area contributed by atoms with E-state index in [1.165, 1.54) is 19.2 Å². The van der Waals surface area contributed by atoms with Crippen LogP contribution in [0.1, 0.15) is 0 Å². The van der Waals surface area contributed by atoms with Crippen LogP contribution < -0.4 is 10.5 Å². The topological polar surface area (TPSA) is 35.2 Å². The summed E-state index contributed by atoms with van der Waals surface area (Å²) < 4.78 is 45.8. The van der Waals surface area contributed by atoms with E-state index in [4.69, 9.17) is 10.5 Å². The molecule has 0 saturated heterocycles. The van der Waals surface area contributed by atoms with Crippen LogP contribution >= 0.6 is 0 Å². The van der Waals surface area contributed by atoms with Crippen LogP contribution in [0.4, 0.5) is 18.9 Å². The van der Waals surface area contributed by atoms with E-state index in [0.29, 0.717) is 0 Å². The van der Waals surface area contributed by atoms with Crippen LogP contribution in [0.3, 0.4) is 0 Å². The quantitative estimate of drug-likeness (QED) is 0.833. The van der Waals surface area contributed by atoms with Gasteiger partial charge in [0.15, 0.2) is 0 Å². The number of methoxy groups -OCH3 is 1. The highest BCUT2D eigenvalue weighted by Gasteiger charge is 2.17. The van der Waals surface area contributed by atoms with E-state index in [9.17, 15) is 13.2 Å². The standard InChI is InChI=1S/C13H10F3NO/c1-18-8-5-11(15)13(12(16)6-8)9-4-7(17)2-3-10(9)14/h2-6H,17H2,1H3. The molecule has 94 valence electrons. The van der Waals surface area contributed by atoms with Crippen molar-refractivity contribution >= 4 is 5.69 Å². The fraction of sp³-hybridized carbons (Fsp3) is 0.0769. The molecule has 0 bridgehead atoms. The number of nitrogens with two attached hydrogens (primary N) is 1. The van der Waals surface area contributed by atoms with Crippen molar-refractivity contribution in [3.05, 3.63) is 47.8 Å². The van der Waals surface area contributed by atoms with Crippen LogP contribution in [0.15, 0.2) is 30.3 Å². The Kier molecular flexibility index (Phi) is 3.14. The Morgan fingerprint density at radius 3 is 2.11 bits per heavy atom. The first kappa shape index (κ1) is 12.3. The highest BCUT2D eigenvalue weighted by molar-refractivity contribution is 5.69. The molecule has 18 heavy (non-hydrogen) atoms. The van der Waals surface area contributed by atoms with E-state index in [1.54, 1.807) is 0 Å².